The zero-order valence-electron chi connectivity index (χ0n) is 15.7. The minimum absolute atomic E-state index is 0.144. The summed E-state index contributed by atoms with van der Waals surface area (Å²) in [4.78, 5) is 24.5. The van der Waals surface area contributed by atoms with Crippen molar-refractivity contribution in [3.05, 3.63) is 23.8 Å². The number of para-hydroxylation sites is 1. The fourth-order valence-electron chi connectivity index (χ4n) is 3.05. The number of methoxy groups -OCH3 is 1. The van der Waals surface area contributed by atoms with Crippen molar-refractivity contribution >= 4 is 12.0 Å². The molecule has 1 atom stereocenters. The summed E-state index contributed by atoms with van der Waals surface area (Å²) in [5.41, 5.74) is 0.837. The molecule has 0 heterocycles. The van der Waals surface area contributed by atoms with Gasteiger partial charge in [-0.3, -0.25) is 4.79 Å². The monoisotopic (exact) mass is 364 g/mol. The zero-order valence-corrected chi connectivity index (χ0v) is 15.7. The van der Waals surface area contributed by atoms with Crippen molar-refractivity contribution in [3.8, 4) is 11.5 Å². The lowest BCUT2D eigenvalue weighted by Crippen LogP contribution is -2.40. The molecule has 1 unspecified atom stereocenters. The molecule has 2 rings (SSSR count). The Kier molecular flexibility index (Phi) is 7.12. The second kappa shape index (κ2) is 9.31. The van der Waals surface area contributed by atoms with E-state index in [0.29, 0.717) is 11.5 Å². The highest BCUT2D eigenvalue weighted by molar-refractivity contribution is 5.75. The fraction of sp³-hybridized carbons (Fsp3) is 0.579. The van der Waals surface area contributed by atoms with Gasteiger partial charge in [0.2, 0.25) is 0 Å². The van der Waals surface area contributed by atoms with Gasteiger partial charge in [-0.25, -0.2) is 4.79 Å². The summed E-state index contributed by atoms with van der Waals surface area (Å²) in [6.45, 7) is 2.00. The molecule has 26 heavy (non-hydrogen) atoms. The summed E-state index contributed by atoms with van der Waals surface area (Å²) in [7, 11) is 3.18. The van der Waals surface area contributed by atoms with Crippen LogP contribution in [0.15, 0.2) is 18.2 Å². The van der Waals surface area contributed by atoms with Crippen molar-refractivity contribution in [2.24, 2.45) is 5.92 Å². The highest BCUT2D eigenvalue weighted by Gasteiger charge is 2.21. The van der Waals surface area contributed by atoms with Crippen LogP contribution in [0.2, 0.25) is 0 Å². The van der Waals surface area contributed by atoms with Crippen LogP contribution >= 0.6 is 0 Å². The second-order valence-electron chi connectivity index (χ2n) is 6.75. The summed E-state index contributed by atoms with van der Waals surface area (Å²) in [5, 5.41) is 11.8. The molecule has 1 saturated carbocycles. The molecule has 0 radical (unpaired) electrons. The number of ether oxygens (including phenoxy) is 2. The third kappa shape index (κ3) is 5.28. The number of carboxylic acid groups (broad SMARTS) is 1. The van der Waals surface area contributed by atoms with Crippen molar-refractivity contribution in [2.45, 2.75) is 45.3 Å². The Morgan fingerprint density at radius 3 is 2.65 bits per heavy atom. The molecule has 1 fully saturated rings. The molecule has 7 nitrogen and oxygen atoms in total. The average Bonchev–Trinajstić information content (AvgIpc) is 3.13. The first-order valence-corrected chi connectivity index (χ1v) is 8.96. The van der Waals surface area contributed by atoms with E-state index in [1.165, 1.54) is 17.7 Å². The van der Waals surface area contributed by atoms with E-state index in [1.807, 2.05) is 18.2 Å². The van der Waals surface area contributed by atoms with Gasteiger partial charge in [0.05, 0.1) is 19.1 Å². The summed E-state index contributed by atoms with van der Waals surface area (Å²) in [6, 6.07) is 5.27. The van der Waals surface area contributed by atoms with Crippen LogP contribution in [-0.2, 0) is 11.3 Å². The van der Waals surface area contributed by atoms with Gasteiger partial charge >= 0.3 is 12.0 Å². The van der Waals surface area contributed by atoms with Crippen LogP contribution in [0.5, 0.6) is 11.5 Å². The number of nitrogens with one attached hydrogen (secondary N) is 1. The molecular weight excluding hydrogens is 336 g/mol. The van der Waals surface area contributed by atoms with E-state index in [1.54, 1.807) is 21.1 Å². The molecule has 0 aromatic heterocycles. The Bertz CT molecular complexity index is 628. The number of urea groups is 1. The smallest absolute Gasteiger partial charge is 0.317 e. The SMILES string of the molecule is COc1cccc(CNC(=O)N(C)CC(C)C(=O)O)c1OC1CCCC1. The van der Waals surface area contributed by atoms with E-state index in [-0.39, 0.29) is 25.2 Å². The summed E-state index contributed by atoms with van der Waals surface area (Å²) in [5.74, 6) is -0.228. The van der Waals surface area contributed by atoms with Gasteiger partial charge in [-0.2, -0.15) is 0 Å². The van der Waals surface area contributed by atoms with Crippen LogP contribution in [0.3, 0.4) is 0 Å². The second-order valence-corrected chi connectivity index (χ2v) is 6.75. The van der Waals surface area contributed by atoms with E-state index >= 15 is 0 Å². The molecule has 0 spiro atoms. The van der Waals surface area contributed by atoms with Gasteiger partial charge < -0.3 is 24.8 Å². The first-order chi connectivity index (χ1) is 12.4. The number of aliphatic carboxylic acids is 1. The molecule has 1 aliphatic carbocycles. The van der Waals surface area contributed by atoms with Crippen LogP contribution in [-0.4, -0.2) is 48.8 Å². The molecule has 0 bridgehead atoms. The van der Waals surface area contributed by atoms with Gasteiger partial charge in [0.15, 0.2) is 11.5 Å². The van der Waals surface area contributed by atoms with E-state index in [0.717, 1.165) is 18.4 Å². The molecular formula is C19H28N2O5. The minimum Gasteiger partial charge on any atom is -0.493 e. The summed E-state index contributed by atoms with van der Waals surface area (Å²) >= 11 is 0. The third-order valence-corrected chi connectivity index (χ3v) is 4.61. The number of benzene rings is 1. The maximum Gasteiger partial charge on any atom is 0.317 e. The number of amides is 2. The van der Waals surface area contributed by atoms with Crippen LogP contribution < -0.4 is 14.8 Å². The summed E-state index contributed by atoms with van der Waals surface area (Å²) < 4.78 is 11.6. The Morgan fingerprint density at radius 1 is 1.35 bits per heavy atom. The minimum atomic E-state index is -0.926. The number of carbonyl (C=O) groups excluding carboxylic acids is 1. The number of hydrogen-bond acceptors (Lipinski definition) is 4. The molecule has 0 saturated heterocycles. The lowest BCUT2D eigenvalue weighted by Gasteiger charge is -2.22. The van der Waals surface area contributed by atoms with Gasteiger partial charge in [-0.1, -0.05) is 19.1 Å². The first-order valence-electron chi connectivity index (χ1n) is 8.96. The van der Waals surface area contributed by atoms with Gasteiger partial charge in [-0.05, 0) is 31.7 Å². The number of carbonyl (C=O) groups is 2. The topological polar surface area (TPSA) is 88.1 Å². The fourth-order valence-corrected chi connectivity index (χ4v) is 3.05. The van der Waals surface area contributed by atoms with Crippen LogP contribution in [0, 0.1) is 5.92 Å². The Morgan fingerprint density at radius 2 is 2.04 bits per heavy atom. The molecule has 0 aliphatic heterocycles. The number of rotatable bonds is 8. The van der Waals surface area contributed by atoms with E-state index in [4.69, 9.17) is 14.6 Å². The predicted octanol–water partition coefficient (Wildman–Crippen LogP) is 2.88. The van der Waals surface area contributed by atoms with Crippen LogP contribution in [0.1, 0.15) is 38.2 Å². The normalized spacial score (nSPS) is 15.3. The van der Waals surface area contributed by atoms with Gasteiger partial charge in [-0.15, -0.1) is 0 Å². The molecule has 2 N–H and O–H groups in total. The van der Waals surface area contributed by atoms with E-state index in [2.05, 4.69) is 5.32 Å². The Hall–Kier alpha value is -2.44. The molecule has 144 valence electrons. The van der Waals surface area contributed by atoms with E-state index < -0.39 is 11.9 Å². The maximum atomic E-state index is 12.2. The summed E-state index contributed by atoms with van der Waals surface area (Å²) in [6.07, 6.45) is 4.57. The van der Waals surface area contributed by atoms with Crippen molar-refractivity contribution in [1.29, 1.82) is 0 Å². The lowest BCUT2D eigenvalue weighted by molar-refractivity contribution is -0.141. The third-order valence-electron chi connectivity index (χ3n) is 4.61. The van der Waals surface area contributed by atoms with Gasteiger partial charge in [0.25, 0.3) is 0 Å². The molecule has 2 amide bonds. The largest absolute Gasteiger partial charge is 0.493 e. The average molecular weight is 364 g/mol. The maximum absolute atomic E-state index is 12.2. The standard InChI is InChI=1S/C19H28N2O5/c1-13(18(22)23)12-21(2)19(24)20-11-14-7-6-10-16(25-3)17(14)26-15-8-4-5-9-15/h6-7,10,13,15H,4-5,8-9,11-12H2,1-3H3,(H,20,24)(H,22,23). The highest BCUT2D eigenvalue weighted by Crippen LogP contribution is 2.34. The molecule has 1 aromatic carbocycles. The number of hydrogen-bond donors (Lipinski definition) is 2. The highest BCUT2D eigenvalue weighted by atomic mass is 16.5. The van der Waals surface area contributed by atoms with Crippen molar-refractivity contribution < 1.29 is 24.2 Å². The van der Waals surface area contributed by atoms with Crippen molar-refractivity contribution in [3.63, 3.8) is 0 Å². The van der Waals surface area contributed by atoms with E-state index in [9.17, 15) is 9.59 Å². The van der Waals surface area contributed by atoms with Crippen LogP contribution in [0.25, 0.3) is 0 Å². The Labute approximate surface area is 154 Å². The van der Waals surface area contributed by atoms with Crippen molar-refractivity contribution in [1.82, 2.24) is 10.2 Å². The predicted molar refractivity (Wildman–Crippen MR) is 97.5 cm³/mol. The van der Waals surface area contributed by atoms with Crippen molar-refractivity contribution in [2.75, 3.05) is 20.7 Å². The lowest BCUT2D eigenvalue weighted by atomic mass is 10.1. The number of carboxylic acids is 1. The Balaban J connectivity index is 2.01. The van der Waals surface area contributed by atoms with Gasteiger partial charge in [0, 0.05) is 25.7 Å². The zero-order chi connectivity index (χ0) is 19.1. The first kappa shape index (κ1) is 19.9. The van der Waals surface area contributed by atoms with Gasteiger partial charge in [0.1, 0.15) is 0 Å². The van der Waals surface area contributed by atoms with Crippen LogP contribution in [0.4, 0.5) is 4.79 Å². The number of nitrogens with zero attached hydrogens (tertiary/aromatic N) is 1. The molecule has 1 aromatic rings. The molecule has 7 heteroatoms. The molecule has 1 aliphatic rings. The quantitative estimate of drug-likeness (QED) is 0.740.